The number of carbonyl (C=O) groups excluding carboxylic acids is 1. The van der Waals surface area contributed by atoms with Gasteiger partial charge in [0.25, 0.3) is 0 Å². The molecule has 1 atom stereocenters. The van der Waals surface area contributed by atoms with E-state index in [0.717, 1.165) is 12.8 Å². The summed E-state index contributed by atoms with van der Waals surface area (Å²) in [6, 6.07) is 1.67. The van der Waals surface area contributed by atoms with E-state index in [9.17, 15) is 4.79 Å². The molecule has 1 amide bonds. The van der Waals surface area contributed by atoms with Crippen LogP contribution in [0.3, 0.4) is 0 Å². The van der Waals surface area contributed by atoms with Crippen molar-refractivity contribution in [1.82, 2.24) is 4.90 Å². The van der Waals surface area contributed by atoms with Crippen LogP contribution >= 0.6 is 0 Å². The van der Waals surface area contributed by atoms with Crippen molar-refractivity contribution in [2.24, 2.45) is 5.73 Å². The topological polar surface area (TPSA) is 70.1 Å². The molecule has 0 heterocycles. The van der Waals surface area contributed by atoms with E-state index in [1.807, 2.05) is 13.0 Å². The summed E-state index contributed by atoms with van der Waals surface area (Å²) in [6.07, 6.45) is 1.92. The van der Waals surface area contributed by atoms with Gasteiger partial charge in [0.1, 0.15) is 6.04 Å². The first-order valence-electron chi connectivity index (χ1n) is 4.56. The third kappa shape index (κ3) is 3.90. The summed E-state index contributed by atoms with van der Waals surface area (Å²) in [5.41, 5.74) is 5.24. The molecule has 13 heavy (non-hydrogen) atoms. The zero-order chi connectivity index (χ0) is 10.3. The maximum atomic E-state index is 11.3. The molecule has 0 aromatic carbocycles. The second-order valence-electron chi connectivity index (χ2n) is 2.95. The lowest BCUT2D eigenvalue weighted by molar-refractivity contribution is -0.130. The SMILES string of the molecule is CCCCN(C(=O)CN)C(C)C#N. The Hall–Kier alpha value is -1.08. The van der Waals surface area contributed by atoms with Crippen LogP contribution in [0.1, 0.15) is 26.7 Å². The normalized spacial score (nSPS) is 11.8. The minimum Gasteiger partial charge on any atom is -0.326 e. The van der Waals surface area contributed by atoms with E-state index in [0.29, 0.717) is 6.54 Å². The molecule has 4 heteroatoms. The van der Waals surface area contributed by atoms with Gasteiger partial charge in [-0.1, -0.05) is 13.3 Å². The second-order valence-corrected chi connectivity index (χ2v) is 2.95. The molecule has 0 fully saturated rings. The summed E-state index contributed by atoms with van der Waals surface area (Å²) in [7, 11) is 0. The predicted octanol–water partition coefficient (Wildman–Crippen LogP) is 0.486. The number of amides is 1. The first kappa shape index (κ1) is 11.9. The van der Waals surface area contributed by atoms with Gasteiger partial charge in [-0.25, -0.2) is 0 Å². The van der Waals surface area contributed by atoms with Gasteiger partial charge in [-0.15, -0.1) is 0 Å². The zero-order valence-electron chi connectivity index (χ0n) is 8.29. The Labute approximate surface area is 79.3 Å². The van der Waals surface area contributed by atoms with Crippen LogP contribution in [0, 0.1) is 11.3 Å². The van der Waals surface area contributed by atoms with Gasteiger partial charge in [0.05, 0.1) is 12.6 Å². The molecule has 0 aromatic heterocycles. The molecular weight excluding hydrogens is 166 g/mol. The third-order valence-corrected chi connectivity index (χ3v) is 1.90. The highest BCUT2D eigenvalue weighted by molar-refractivity contribution is 5.78. The maximum absolute atomic E-state index is 11.3. The number of nitrogens with two attached hydrogens (primary N) is 1. The standard InChI is InChI=1S/C9H17N3O/c1-3-4-5-12(8(2)6-10)9(13)7-11/h8H,3-5,7,11H2,1-2H3. The number of unbranched alkanes of at least 4 members (excludes halogenated alkanes) is 1. The maximum Gasteiger partial charge on any atom is 0.237 e. The highest BCUT2D eigenvalue weighted by Crippen LogP contribution is 2.01. The van der Waals surface area contributed by atoms with Crippen LogP contribution in [-0.4, -0.2) is 29.9 Å². The Morgan fingerprint density at radius 1 is 1.69 bits per heavy atom. The molecule has 1 unspecified atom stereocenters. The minimum absolute atomic E-state index is 0.0181. The molecule has 0 spiro atoms. The van der Waals surface area contributed by atoms with Gasteiger partial charge < -0.3 is 10.6 Å². The van der Waals surface area contributed by atoms with E-state index in [1.54, 1.807) is 6.92 Å². The van der Waals surface area contributed by atoms with Crippen LogP contribution in [0.25, 0.3) is 0 Å². The Morgan fingerprint density at radius 3 is 2.69 bits per heavy atom. The Morgan fingerprint density at radius 2 is 2.31 bits per heavy atom. The molecule has 0 saturated carbocycles. The first-order valence-corrected chi connectivity index (χ1v) is 4.56. The fraction of sp³-hybridized carbons (Fsp3) is 0.778. The zero-order valence-corrected chi connectivity index (χ0v) is 8.29. The fourth-order valence-corrected chi connectivity index (χ4v) is 1.05. The van der Waals surface area contributed by atoms with E-state index in [-0.39, 0.29) is 18.5 Å². The van der Waals surface area contributed by atoms with E-state index >= 15 is 0 Å². The number of hydrogen-bond acceptors (Lipinski definition) is 3. The van der Waals surface area contributed by atoms with Crippen molar-refractivity contribution in [2.45, 2.75) is 32.7 Å². The molecule has 0 aliphatic carbocycles. The molecule has 0 aliphatic heterocycles. The van der Waals surface area contributed by atoms with Gasteiger partial charge in [-0.2, -0.15) is 5.26 Å². The summed E-state index contributed by atoms with van der Waals surface area (Å²) in [5.74, 6) is -0.150. The van der Waals surface area contributed by atoms with Crippen LogP contribution in [0.15, 0.2) is 0 Å². The minimum atomic E-state index is -0.373. The third-order valence-electron chi connectivity index (χ3n) is 1.90. The Bertz CT molecular complexity index is 198. The van der Waals surface area contributed by atoms with Crippen LogP contribution < -0.4 is 5.73 Å². The summed E-state index contributed by atoms with van der Waals surface area (Å²) in [6.45, 7) is 4.36. The van der Waals surface area contributed by atoms with Crippen LogP contribution in [0.2, 0.25) is 0 Å². The monoisotopic (exact) mass is 183 g/mol. The van der Waals surface area contributed by atoms with Gasteiger partial charge in [-0.3, -0.25) is 4.79 Å². The van der Waals surface area contributed by atoms with Crippen LogP contribution in [0.5, 0.6) is 0 Å². The van der Waals surface area contributed by atoms with Gasteiger partial charge in [0, 0.05) is 6.54 Å². The van der Waals surface area contributed by atoms with Gasteiger partial charge >= 0.3 is 0 Å². The lowest BCUT2D eigenvalue weighted by Crippen LogP contribution is -2.42. The smallest absolute Gasteiger partial charge is 0.237 e. The molecule has 4 nitrogen and oxygen atoms in total. The molecule has 0 aromatic rings. The Balaban J connectivity index is 4.20. The highest BCUT2D eigenvalue weighted by Gasteiger charge is 2.16. The van der Waals surface area contributed by atoms with Gasteiger partial charge in [-0.05, 0) is 13.3 Å². The fourth-order valence-electron chi connectivity index (χ4n) is 1.05. The number of rotatable bonds is 5. The van der Waals surface area contributed by atoms with E-state index in [4.69, 9.17) is 11.0 Å². The van der Waals surface area contributed by atoms with Crippen molar-refractivity contribution in [3.05, 3.63) is 0 Å². The summed E-state index contributed by atoms with van der Waals surface area (Å²) >= 11 is 0. The van der Waals surface area contributed by atoms with Crippen molar-refractivity contribution in [3.63, 3.8) is 0 Å². The summed E-state index contributed by atoms with van der Waals surface area (Å²) < 4.78 is 0. The highest BCUT2D eigenvalue weighted by atomic mass is 16.2. The number of hydrogen-bond donors (Lipinski definition) is 1. The second kappa shape index (κ2) is 6.44. The molecule has 0 radical (unpaired) electrons. The van der Waals surface area contributed by atoms with Crippen molar-refractivity contribution in [3.8, 4) is 6.07 Å². The number of carbonyl (C=O) groups is 1. The molecule has 0 saturated heterocycles. The number of nitrogens with zero attached hydrogens (tertiary/aromatic N) is 2. The summed E-state index contributed by atoms with van der Waals surface area (Å²) in [4.78, 5) is 12.8. The molecular formula is C9H17N3O. The quantitative estimate of drug-likeness (QED) is 0.674. The lowest BCUT2D eigenvalue weighted by Gasteiger charge is -2.23. The molecule has 2 N–H and O–H groups in total. The van der Waals surface area contributed by atoms with Gasteiger partial charge in [0.2, 0.25) is 5.91 Å². The lowest BCUT2D eigenvalue weighted by atomic mass is 10.2. The van der Waals surface area contributed by atoms with Crippen molar-refractivity contribution in [2.75, 3.05) is 13.1 Å². The van der Waals surface area contributed by atoms with Crippen molar-refractivity contribution >= 4 is 5.91 Å². The Kier molecular flexibility index (Phi) is 5.90. The van der Waals surface area contributed by atoms with Crippen molar-refractivity contribution < 1.29 is 4.79 Å². The molecule has 74 valence electrons. The van der Waals surface area contributed by atoms with Crippen LogP contribution in [0.4, 0.5) is 0 Å². The average Bonchev–Trinajstić information content (AvgIpc) is 2.17. The number of nitriles is 1. The molecule has 0 bridgehead atoms. The van der Waals surface area contributed by atoms with Crippen LogP contribution in [-0.2, 0) is 4.79 Å². The van der Waals surface area contributed by atoms with Crippen molar-refractivity contribution in [1.29, 1.82) is 5.26 Å². The van der Waals surface area contributed by atoms with E-state index in [1.165, 1.54) is 4.90 Å². The predicted molar refractivity (Wildman–Crippen MR) is 50.8 cm³/mol. The van der Waals surface area contributed by atoms with Gasteiger partial charge in [0.15, 0.2) is 0 Å². The first-order chi connectivity index (χ1) is 6.17. The largest absolute Gasteiger partial charge is 0.326 e. The summed E-state index contributed by atoms with van der Waals surface area (Å²) in [5, 5.41) is 8.66. The van der Waals surface area contributed by atoms with E-state index in [2.05, 4.69) is 0 Å². The molecule has 0 rings (SSSR count). The molecule has 0 aliphatic rings. The average molecular weight is 183 g/mol. The van der Waals surface area contributed by atoms with E-state index < -0.39 is 0 Å².